The first-order chi connectivity index (χ1) is 34.9. The summed E-state index contributed by atoms with van der Waals surface area (Å²) in [5, 5.41) is 3.34. The first-order valence-corrected chi connectivity index (χ1v) is 26.8. The summed E-state index contributed by atoms with van der Waals surface area (Å²) in [7, 11) is 1.44. The Bertz CT molecular complexity index is 2630. The van der Waals surface area contributed by atoms with Gasteiger partial charge in [0.1, 0.15) is 5.82 Å². The van der Waals surface area contributed by atoms with Crippen molar-refractivity contribution in [2.45, 2.75) is 47.3 Å². The van der Waals surface area contributed by atoms with Crippen molar-refractivity contribution in [3.05, 3.63) is 257 Å². The molecule has 2 aliphatic heterocycles. The van der Waals surface area contributed by atoms with Gasteiger partial charge < -0.3 is 10.1 Å². The number of halogens is 1. The summed E-state index contributed by atoms with van der Waals surface area (Å²) in [6, 6.07) is 70.9. The van der Waals surface area contributed by atoms with Gasteiger partial charge in [0, 0.05) is 43.2 Å². The lowest BCUT2D eigenvalue weighted by Crippen LogP contribution is -2.45. The quantitative estimate of drug-likeness (QED) is 0.0412. The summed E-state index contributed by atoms with van der Waals surface area (Å²) < 4.78 is 18.4. The van der Waals surface area contributed by atoms with E-state index < -0.39 is 9.49 Å². The molecule has 9 heteroatoms. The van der Waals surface area contributed by atoms with E-state index in [0.717, 1.165) is 42.7 Å². The minimum absolute atomic E-state index is 0.00123. The number of methoxy groups -OCH3 is 1. The third-order valence-corrected chi connectivity index (χ3v) is 17.2. The predicted molar refractivity (Wildman–Crippen MR) is 291 cm³/mol. The fourth-order valence-electron chi connectivity index (χ4n) is 10.9. The molecule has 71 heavy (non-hydrogen) atoms. The Labute approximate surface area is 427 Å². The Hall–Kier alpha value is -6.23. The molecule has 2 heterocycles. The third kappa shape index (κ3) is 11.1. The minimum Gasteiger partial charge on any atom is -0.466 e. The molecule has 1 amide bonds. The van der Waals surface area contributed by atoms with Crippen LogP contribution in [0.5, 0.6) is 0 Å². The second kappa shape index (κ2) is 23.8. The van der Waals surface area contributed by atoms with Crippen LogP contribution in [0.1, 0.15) is 64.6 Å². The highest BCUT2D eigenvalue weighted by Crippen LogP contribution is 2.50. The normalized spacial score (nSPS) is 16.0. The highest BCUT2D eigenvalue weighted by Gasteiger charge is 2.44. The lowest BCUT2D eigenvalue weighted by Gasteiger charge is -2.38. The number of amides is 1. The number of hydrogen-bond acceptors (Lipinski definition) is 7. The van der Waals surface area contributed by atoms with Gasteiger partial charge in [0.25, 0.3) is 0 Å². The van der Waals surface area contributed by atoms with Crippen molar-refractivity contribution in [2.24, 2.45) is 0 Å². The van der Waals surface area contributed by atoms with E-state index in [9.17, 15) is 14.0 Å². The average Bonchev–Trinajstić information content (AvgIpc) is 3.70. The van der Waals surface area contributed by atoms with E-state index in [1.54, 1.807) is 12.1 Å². The number of rotatable bonds is 22. The van der Waals surface area contributed by atoms with Crippen LogP contribution in [-0.2, 0) is 23.8 Å². The molecule has 7 aromatic carbocycles. The summed E-state index contributed by atoms with van der Waals surface area (Å²) in [5.41, 5.74) is 9.72. The van der Waals surface area contributed by atoms with Crippen LogP contribution in [0.3, 0.4) is 0 Å². The van der Waals surface area contributed by atoms with Gasteiger partial charge in [-0.05, 0) is 88.9 Å². The Morgan fingerprint density at radius 3 is 1.48 bits per heavy atom. The second-order valence-electron chi connectivity index (χ2n) is 18.3. The highest BCUT2D eigenvalue weighted by atomic mass is 32.2. The van der Waals surface area contributed by atoms with Gasteiger partial charge >= 0.3 is 5.97 Å². The lowest BCUT2D eigenvalue weighted by molar-refractivity contribution is -0.137. The Morgan fingerprint density at radius 2 is 1.04 bits per heavy atom. The van der Waals surface area contributed by atoms with Gasteiger partial charge in [0.15, 0.2) is 0 Å². The molecule has 7 aromatic rings. The molecule has 362 valence electrons. The first kappa shape index (κ1) is 49.7. The smallest absolute Gasteiger partial charge is 0.335 e. The number of carbonyl (C=O) groups excluding carboxylic acids is 2. The van der Waals surface area contributed by atoms with Crippen molar-refractivity contribution in [3.8, 4) is 0 Å². The molecule has 0 unspecified atom stereocenters. The van der Waals surface area contributed by atoms with E-state index in [4.69, 9.17) is 4.74 Å². The summed E-state index contributed by atoms with van der Waals surface area (Å²) in [4.78, 5) is 32.6. The molecule has 0 aliphatic carbocycles. The van der Waals surface area contributed by atoms with E-state index in [1.165, 1.54) is 52.6 Å². The van der Waals surface area contributed by atoms with E-state index in [1.807, 2.05) is 23.5 Å². The summed E-state index contributed by atoms with van der Waals surface area (Å²) in [6.07, 6.45) is 3.35. The Morgan fingerprint density at radius 1 is 0.606 bits per heavy atom. The zero-order chi connectivity index (χ0) is 48.9. The Balaban J connectivity index is 0.942. The van der Waals surface area contributed by atoms with Gasteiger partial charge in [-0.2, -0.15) is 0 Å². The molecular weight excluding hydrogens is 918 g/mol. The van der Waals surface area contributed by atoms with Crippen molar-refractivity contribution in [3.63, 3.8) is 0 Å². The van der Waals surface area contributed by atoms with Crippen LogP contribution in [0.25, 0.3) is 5.57 Å². The number of carbonyl (C=O) groups is 2. The molecule has 1 saturated heterocycles. The van der Waals surface area contributed by atoms with Crippen molar-refractivity contribution in [1.82, 2.24) is 15.1 Å². The van der Waals surface area contributed by atoms with Crippen LogP contribution < -0.4 is 5.32 Å². The molecule has 9 rings (SSSR count). The number of nitrogens with zero attached hydrogens (tertiary/aromatic N) is 2. The monoisotopic (exact) mass is 979 g/mol. The summed E-state index contributed by atoms with van der Waals surface area (Å²) in [5.74, 6) is 0.841. The van der Waals surface area contributed by atoms with Gasteiger partial charge in [-0.3, -0.25) is 14.6 Å². The van der Waals surface area contributed by atoms with E-state index >= 15 is 0 Å². The maximum atomic E-state index is 14.3. The highest BCUT2D eigenvalue weighted by molar-refractivity contribution is 8.00. The average molecular weight is 980 g/mol. The largest absolute Gasteiger partial charge is 0.466 e. The molecule has 0 saturated carbocycles. The predicted octanol–water partition coefficient (Wildman–Crippen LogP) is 12.2. The van der Waals surface area contributed by atoms with Crippen LogP contribution in [0, 0.1) is 5.82 Å². The number of benzene rings is 7. The van der Waals surface area contributed by atoms with Crippen LogP contribution >= 0.6 is 23.5 Å². The van der Waals surface area contributed by atoms with Crippen molar-refractivity contribution in [2.75, 3.05) is 51.3 Å². The topological polar surface area (TPSA) is 61.9 Å². The van der Waals surface area contributed by atoms with Crippen LogP contribution in [0.15, 0.2) is 212 Å². The second-order valence-corrected chi connectivity index (χ2v) is 20.9. The molecule has 2 atom stereocenters. The fourth-order valence-corrected chi connectivity index (χ4v) is 13.9. The maximum absolute atomic E-state index is 14.3. The summed E-state index contributed by atoms with van der Waals surface area (Å²) >= 11 is 3.76. The van der Waals surface area contributed by atoms with E-state index in [0.29, 0.717) is 37.4 Å². The van der Waals surface area contributed by atoms with Gasteiger partial charge in [-0.25, -0.2) is 9.18 Å². The van der Waals surface area contributed by atoms with E-state index in [-0.39, 0.29) is 36.3 Å². The van der Waals surface area contributed by atoms with Crippen molar-refractivity contribution >= 4 is 41.0 Å². The minimum atomic E-state index is -0.483. The third-order valence-electron chi connectivity index (χ3n) is 14.1. The molecule has 6 nitrogen and oxygen atoms in total. The maximum Gasteiger partial charge on any atom is 0.335 e. The molecular formula is C62H62FN3O3S2. The molecule has 1 fully saturated rings. The SMILES string of the molecule is COC(=O)C1=C(c2ccc(F)cc2)C[C@@H]2CC[C@H]1N2CCCN(CCSC(c1ccccc1)(c1ccccc1)c1ccccc1)CC(=O)NCCSC(c1ccccc1)(c1ccccc1)c1ccccc1. The van der Waals surface area contributed by atoms with Crippen LogP contribution in [0.2, 0.25) is 0 Å². The van der Waals surface area contributed by atoms with Gasteiger partial charge in [-0.15, -0.1) is 23.5 Å². The van der Waals surface area contributed by atoms with Crippen LogP contribution in [0.4, 0.5) is 4.39 Å². The summed E-state index contributed by atoms with van der Waals surface area (Å²) in [6.45, 7) is 2.94. The van der Waals surface area contributed by atoms with Gasteiger partial charge in [-0.1, -0.05) is 194 Å². The van der Waals surface area contributed by atoms with Gasteiger partial charge in [0.2, 0.25) is 5.91 Å². The molecule has 2 bridgehead atoms. The van der Waals surface area contributed by atoms with Gasteiger partial charge in [0.05, 0.1) is 28.7 Å². The molecule has 0 spiro atoms. The lowest BCUT2D eigenvalue weighted by atomic mass is 9.84. The fraction of sp³-hybridized carbons (Fsp3) is 0.258. The number of fused-ring (bicyclic) bond motifs is 2. The Kier molecular flexibility index (Phi) is 16.7. The van der Waals surface area contributed by atoms with Crippen LogP contribution in [-0.4, -0.2) is 85.1 Å². The number of hydrogen-bond donors (Lipinski definition) is 1. The molecule has 1 N–H and O–H groups in total. The van der Waals surface area contributed by atoms with Crippen molar-refractivity contribution < 1.29 is 18.7 Å². The number of thioether (sulfide) groups is 2. The van der Waals surface area contributed by atoms with E-state index in [2.05, 4.69) is 197 Å². The molecule has 2 aliphatic rings. The number of ether oxygens (including phenoxy) is 1. The first-order valence-electron chi connectivity index (χ1n) is 24.8. The standard InChI is InChI=1S/C62H62FN3O3S2/c1-69-60(68)59-56(47-33-35-54(63)36-34-47)45-55-37-38-57(59)66(55)41-20-40-65(42-44-71-62(51-27-14-5-15-28-51,52-29-16-6-17-30-52)53-31-18-7-19-32-53)46-58(67)64-39-43-70-61(48-21-8-2-9-22-48,49-23-10-3-11-24-49)50-25-12-4-13-26-50/h2-19,21-36,55,57H,20,37-46H2,1H3,(H,64,67)/t55-,57+/m0/s1. The molecule has 0 radical (unpaired) electrons. The number of nitrogens with one attached hydrogen (secondary N) is 1. The number of esters is 1. The van der Waals surface area contributed by atoms with Crippen molar-refractivity contribution in [1.29, 1.82) is 0 Å². The zero-order valence-electron chi connectivity index (χ0n) is 40.4. The molecule has 0 aromatic heterocycles. The zero-order valence-corrected chi connectivity index (χ0v) is 42.0.